The van der Waals surface area contributed by atoms with Gasteiger partial charge in [0.2, 0.25) is 0 Å². The van der Waals surface area contributed by atoms with Crippen LogP contribution in [0.4, 0.5) is 0 Å². The molecule has 0 N–H and O–H groups in total. The maximum absolute atomic E-state index is 12.4. The molecule has 4 heteroatoms. The van der Waals surface area contributed by atoms with Gasteiger partial charge in [-0.1, -0.05) is 24.3 Å². The van der Waals surface area contributed by atoms with Gasteiger partial charge in [0.05, 0.1) is 20.3 Å². The maximum Gasteiger partial charge on any atom is 0.254 e. The van der Waals surface area contributed by atoms with E-state index in [-0.39, 0.29) is 5.91 Å². The molecule has 1 heterocycles. The number of morpholine rings is 1. The van der Waals surface area contributed by atoms with Crippen LogP contribution in [0.3, 0.4) is 0 Å². The first-order chi connectivity index (χ1) is 10.8. The van der Waals surface area contributed by atoms with Gasteiger partial charge in [-0.15, -0.1) is 0 Å². The Morgan fingerprint density at radius 2 is 1.50 bits per heavy atom. The van der Waals surface area contributed by atoms with Gasteiger partial charge in [-0.25, -0.2) is 0 Å². The van der Waals surface area contributed by atoms with Gasteiger partial charge < -0.3 is 14.4 Å². The van der Waals surface area contributed by atoms with Crippen LogP contribution in [-0.4, -0.2) is 44.2 Å². The minimum atomic E-state index is 0.0737. The Morgan fingerprint density at radius 1 is 0.955 bits per heavy atom. The van der Waals surface area contributed by atoms with Gasteiger partial charge in [-0.05, 0) is 35.4 Å². The number of benzene rings is 2. The zero-order chi connectivity index (χ0) is 15.4. The fraction of sp³-hybridized carbons (Fsp3) is 0.278. The van der Waals surface area contributed by atoms with Crippen molar-refractivity contribution in [2.24, 2.45) is 0 Å². The topological polar surface area (TPSA) is 38.8 Å². The molecule has 114 valence electrons. The number of methoxy groups -OCH3 is 1. The Hall–Kier alpha value is -2.33. The molecular weight excluding hydrogens is 278 g/mol. The number of carbonyl (C=O) groups excluding carboxylic acids is 1. The lowest BCUT2D eigenvalue weighted by molar-refractivity contribution is 0.0303. The molecule has 1 fully saturated rings. The molecule has 0 aliphatic carbocycles. The molecule has 1 saturated heterocycles. The van der Waals surface area contributed by atoms with Crippen molar-refractivity contribution in [3.63, 3.8) is 0 Å². The minimum absolute atomic E-state index is 0.0737. The van der Waals surface area contributed by atoms with Crippen molar-refractivity contribution in [2.45, 2.75) is 0 Å². The van der Waals surface area contributed by atoms with Crippen LogP contribution in [0, 0.1) is 0 Å². The number of carbonyl (C=O) groups is 1. The zero-order valence-corrected chi connectivity index (χ0v) is 12.6. The number of rotatable bonds is 3. The molecule has 0 saturated carbocycles. The standard InChI is InChI=1S/C18H19NO3/c1-21-17-8-6-15(7-9-17)14-2-4-16(5-3-14)18(20)19-10-12-22-13-11-19/h2-9H,10-13H2,1H3. The Bertz CT molecular complexity index is 628. The van der Waals surface area contributed by atoms with Gasteiger partial charge in [0.25, 0.3) is 5.91 Å². The maximum atomic E-state index is 12.4. The molecular formula is C18H19NO3. The summed E-state index contributed by atoms with van der Waals surface area (Å²) in [5.41, 5.74) is 2.91. The number of hydrogen-bond donors (Lipinski definition) is 0. The molecule has 4 nitrogen and oxygen atoms in total. The van der Waals surface area contributed by atoms with Crippen LogP contribution in [0.25, 0.3) is 11.1 Å². The van der Waals surface area contributed by atoms with Crippen LogP contribution < -0.4 is 4.74 Å². The second-order valence-electron chi connectivity index (χ2n) is 5.21. The third kappa shape index (κ3) is 3.12. The number of hydrogen-bond acceptors (Lipinski definition) is 3. The van der Waals surface area contributed by atoms with Crippen LogP contribution in [0.15, 0.2) is 48.5 Å². The van der Waals surface area contributed by atoms with Gasteiger partial charge >= 0.3 is 0 Å². The molecule has 0 unspecified atom stereocenters. The second-order valence-corrected chi connectivity index (χ2v) is 5.21. The van der Waals surface area contributed by atoms with E-state index in [9.17, 15) is 4.79 Å². The highest BCUT2D eigenvalue weighted by molar-refractivity contribution is 5.94. The van der Waals surface area contributed by atoms with Crippen LogP contribution in [0.2, 0.25) is 0 Å². The summed E-state index contributed by atoms with van der Waals surface area (Å²) in [6, 6.07) is 15.6. The molecule has 0 bridgehead atoms. The number of nitrogens with zero attached hydrogens (tertiary/aromatic N) is 1. The van der Waals surface area contributed by atoms with Gasteiger partial charge in [-0.2, -0.15) is 0 Å². The highest BCUT2D eigenvalue weighted by atomic mass is 16.5. The Morgan fingerprint density at radius 3 is 2.05 bits per heavy atom. The van der Waals surface area contributed by atoms with Crippen molar-refractivity contribution in [3.8, 4) is 16.9 Å². The molecule has 1 aliphatic rings. The first kappa shape index (κ1) is 14.6. The first-order valence-electron chi connectivity index (χ1n) is 7.39. The number of ether oxygens (including phenoxy) is 2. The summed E-state index contributed by atoms with van der Waals surface area (Å²) in [5, 5.41) is 0. The van der Waals surface area contributed by atoms with Crippen molar-refractivity contribution < 1.29 is 14.3 Å². The Kier molecular flexibility index (Phi) is 4.39. The molecule has 2 aromatic rings. The van der Waals surface area contributed by atoms with E-state index in [0.717, 1.165) is 22.4 Å². The lowest BCUT2D eigenvalue weighted by Gasteiger charge is -2.26. The lowest BCUT2D eigenvalue weighted by atomic mass is 10.0. The largest absolute Gasteiger partial charge is 0.497 e. The normalized spacial score (nSPS) is 14.7. The van der Waals surface area contributed by atoms with E-state index in [4.69, 9.17) is 9.47 Å². The van der Waals surface area contributed by atoms with Crippen molar-refractivity contribution in [1.82, 2.24) is 4.90 Å². The van der Waals surface area contributed by atoms with Gasteiger partial charge in [0.15, 0.2) is 0 Å². The second kappa shape index (κ2) is 6.62. The van der Waals surface area contributed by atoms with Crippen molar-refractivity contribution in [2.75, 3.05) is 33.4 Å². The Balaban J connectivity index is 1.75. The third-order valence-electron chi connectivity index (χ3n) is 3.85. The summed E-state index contributed by atoms with van der Waals surface area (Å²) >= 11 is 0. The van der Waals surface area contributed by atoms with Crippen LogP contribution in [0.5, 0.6) is 5.75 Å². The van der Waals surface area contributed by atoms with E-state index in [1.807, 2.05) is 53.4 Å². The van der Waals surface area contributed by atoms with Crippen molar-refractivity contribution in [3.05, 3.63) is 54.1 Å². The number of amides is 1. The van der Waals surface area contributed by atoms with Gasteiger partial charge in [0.1, 0.15) is 5.75 Å². The molecule has 3 rings (SSSR count). The quantitative estimate of drug-likeness (QED) is 0.874. The molecule has 0 aromatic heterocycles. The van der Waals surface area contributed by atoms with E-state index in [1.54, 1.807) is 7.11 Å². The molecule has 1 aliphatic heterocycles. The van der Waals surface area contributed by atoms with Crippen LogP contribution in [0.1, 0.15) is 10.4 Å². The highest BCUT2D eigenvalue weighted by Gasteiger charge is 2.18. The molecule has 0 radical (unpaired) electrons. The summed E-state index contributed by atoms with van der Waals surface area (Å²) in [4.78, 5) is 14.2. The lowest BCUT2D eigenvalue weighted by Crippen LogP contribution is -2.40. The molecule has 0 atom stereocenters. The smallest absolute Gasteiger partial charge is 0.254 e. The predicted molar refractivity (Wildman–Crippen MR) is 85.2 cm³/mol. The Labute approximate surface area is 130 Å². The van der Waals surface area contributed by atoms with E-state index in [1.165, 1.54) is 0 Å². The van der Waals surface area contributed by atoms with Crippen molar-refractivity contribution >= 4 is 5.91 Å². The molecule has 22 heavy (non-hydrogen) atoms. The van der Waals surface area contributed by atoms with Gasteiger partial charge in [-0.3, -0.25) is 4.79 Å². The summed E-state index contributed by atoms with van der Waals surface area (Å²) in [7, 11) is 1.65. The summed E-state index contributed by atoms with van der Waals surface area (Å²) in [6.45, 7) is 2.57. The van der Waals surface area contributed by atoms with E-state index < -0.39 is 0 Å². The first-order valence-corrected chi connectivity index (χ1v) is 7.39. The SMILES string of the molecule is COc1ccc(-c2ccc(C(=O)N3CCOCC3)cc2)cc1. The molecule has 0 spiro atoms. The minimum Gasteiger partial charge on any atom is -0.497 e. The highest BCUT2D eigenvalue weighted by Crippen LogP contribution is 2.23. The van der Waals surface area contributed by atoms with E-state index >= 15 is 0 Å². The summed E-state index contributed by atoms with van der Waals surface area (Å²) in [5.74, 6) is 0.910. The fourth-order valence-corrected chi connectivity index (χ4v) is 2.54. The summed E-state index contributed by atoms with van der Waals surface area (Å²) < 4.78 is 10.4. The molecule has 1 amide bonds. The van der Waals surface area contributed by atoms with E-state index in [2.05, 4.69) is 0 Å². The van der Waals surface area contributed by atoms with Crippen LogP contribution in [-0.2, 0) is 4.74 Å². The van der Waals surface area contributed by atoms with Gasteiger partial charge in [0, 0.05) is 18.7 Å². The van der Waals surface area contributed by atoms with Crippen molar-refractivity contribution in [1.29, 1.82) is 0 Å². The van der Waals surface area contributed by atoms with Crippen LogP contribution >= 0.6 is 0 Å². The average molecular weight is 297 g/mol. The third-order valence-corrected chi connectivity index (χ3v) is 3.85. The monoisotopic (exact) mass is 297 g/mol. The predicted octanol–water partition coefficient (Wildman–Crippen LogP) is 2.83. The zero-order valence-electron chi connectivity index (χ0n) is 12.6. The average Bonchev–Trinajstić information content (AvgIpc) is 2.62. The summed E-state index contributed by atoms with van der Waals surface area (Å²) in [6.07, 6.45) is 0. The van der Waals surface area contributed by atoms with E-state index in [0.29, 0.717) is 26.3 Å². The molecule has 2 aromatic carbocycles. The fourth-order valence-electron chi connectivity index (χ4n) is 2.54.